The summed E-state index contributed by atoms with van der Waals surface area (Å²) in [4.78, 5) is 4.08. The van der Waals surface area contributed by atoms with Crippen LogP contribution in [0.4, 0.5) is 5.82 Å². The van der Waals surface area contributed by atoms with Crippen LogP contribution in [0.2, 0.25) is 0 Å². The highest BCUT2D eigenvalue weighted by atomic mass is 14.8. The fourth-order valence-electron chi connectivity index (χ4n) is 1.51. The number of hydrogen-bond donors (Lipinski definition) is 1. The number of hydrogen-bond acceptors (Lipinski definition) is 2. The smallest absolute Gasteiger partial charge is 0.123 e. The van der Waals surface area contributed by atoms with Crippen LogP contribution in [0.1, 0.15) is 12.5 Å². The topological polar surface area (TPSA) is 38.9 Å². The highest BCUT2D eigenvalue weighted by Crippen LogP contribution is 2.19. The van der Waals surface area contributed by atoms with Gasteiger partial charge in [0.15, 0.2) is 0 Å². The summed E-state index contributed by atoms with van der Waals surface area (Å²) in [5, 5.41) is 0. The molecule has 1 aromatic heterocycles. The molecular weight excluding hydrogens is 184 g/mol. The molecular formula is C13H14N2. The van der Waals surface area contributed by atoms with Crippen molar-refractivity contribution in [1.82, 2.24) is 4.98 Å². The van der Waals surface area contributed by atoms with Gasteiger partial charge in [-0.25, -0.2) is 4.98 Å². The zero-order valence-electron chi connectivity index (χ0n) is 8.77. The molecule has 0 saturated heterocycles. The molecule has 2 aromatic rings. The predicted molar refractivity (Wildman–Crippen MR) is 63.5 cm³/mol. The summed E-state index contributed by atoms with van der Waals surface area (Å²) in [6.45, 7) is 2.15. The minimum atomic E-state index is 0.559. The molecule has 2 nitrogen and oxygen atoms in total. The number of aromatic nitrogens is 1. The number of benzene rings is 1. The maximum atomic E-state index is 5.54. The molecule has 15 heavy (non-hydrogen) atoms. The standard InChI is InChI=1S/C13H14N2/c1-2-10-3-5-11(6-4-10)12-7-8-13(14)15-9-12/h3-9H,2H2,1H3,(H2,14,15). The van der Waals surface area contributed by atoms with Gasteiger partial charge in [0, 0.05) is 11.8 Å². The van der Waals surface area contributed by atoms with Crippen LogP contribution in [0.3, 0.4) is 0 Å². The van der Waals surface area contributed by atoms with E-state index in [-0.39, 0.29) is 0 Å². The number of aryl methyl sites for hydroxylation is 1. The molecule has 2 N–H and O–H groups in total. The quantitative estimate of drug-likeness (QED) is 0.805. The molecule has 0 bridgehead atoms. The molecule has 0 unspecified atom stereocenters. The minimum Gasteiger partial charge on any atom is -0.384 e. The lowest BCUT2D eigenvalue weighted by Crippen LogP contribution is -1.89. The summed E-state index contributed by atoms with van der Waals surface area (Å²) >= 11 is 0. The Morgan fingerprint density at radius 3 is 2.20 bits per heavy atom. The van der Waals surface area contributed by atoms with E-state index in [2.05, 4.69) is 36.2 Å². The van der Waals surface area contributed by atoms with Crippen molar-refractivity contribution < 1.29 is 0 Å². The highest BCUT2D eigenvalue weighted by molar-refractivity contribution is 5.63. The Labute approximate surface area is 89.8 Å². The summed E-state index contributed by atoms with van der Waals surface area (Å²) in [5.74, 6) is 0.559. The number of pyridine rings is 1. The molecule has 2 heteroatoms. The third kappa shape index (κ3) is 2.15. The Hall–Kier alpha value is -1.83. The molecule has 0 aliphatic carbocycles. The van der Waals surface area contributed by atoms with Crippen LogP contribution < -0.4 is 5.73 Å². The molecule has 0 atom stereocenters. The van der Waals surface area contributed by atoms with Gasteiger partial charge in [-0.3, -0.25) is 0 Å². The van der Waals surface area contributed by atoms with Crippen molar-refractivity contribution >= 4 is 5.82 Å². The Balaban J connectivity index is 2.33. The number of nitrogens with two attached hydrogens (primary N) is 1. The van der Waals surface area contributed by atoms with Crippen LogP contribution in [0.25, 0.3) is 11.1 Å². The van der Waals surface area contributed by atoms with Crippen LogP contribution in [-0.4, -0.2) is 4.98 Å². The van der Waals surface area contributed by atoms with Gasteiger partial charge in [-0.2, -0.15) is 0 Å². The number of nitrogen functional groups attached to an aromatic ring is 1. The van der Waals surface area contributed by atoms with E-state index in [1.54, 1.807) is 6.20 Å². The second-order valence-electron chi connectivity index (χ2n) is 3.52. The molecule has 1 heterocycles. The van der Waals surface area contributed by atoms with Crippen LogP contribution >= 0.6 is 0 Å². The van der Waals surface area contributed by atoms with Gasteiger partial charge in [-0.1, -0.05) is 31.2 Å². The molecule has 76 valence electrons. The Morgan fingerprint density at radius 2 is 1.67 bits per heavy atom. The van der Waals surface area contributed by atoms with Crippen molar-refractivity contribution in [3.8, 4) is 11.1 Å². The first kappa shape index (κ1) is 9.71. The summed E-state index contributed by atoms with van der Waals surface area (Å²) in [7, 11) is 0. The van der Waals surface area contributed by atoms with E-state index in [0.29, 0.717) is 5.82 Å². The van der Waals surface area contributed by atoms with Gasteiger partial charge in [0.2, 0.25) is 0 Å². The van der Waals surface area contributed by atoms with Gasteiger partial charge in [-0.15, -0.1) is 0 Å². The summed E-state index contributed by atoms with van der Waals surface area (Å²) < 4.78 is 0. The van der Waals surface area contributed by atoms with Crippen LogP contribution in [0.5, 0.6) is 0 Å². The first-order valence-electron chi connectivity index (χ1n) is 5.10. The molecule has 0 amide bonds. The van der Waals surface area contributed by atoms with Crippen molar-refractivity contribution in [3.05, 3.63) is 48.2 Å². The summed E-state index contributed by atoms with van der Waals surface area (Å²) in [5.41, 5.74) is 9.17. The average Bonchev–Trinajstić information content (AvgIpc) is 2.30. The summed E-state index contributed by atoms with van der Waals surface area (Å²) in [6.07, 6.45) is 2.87. The summed E-state index contributed by atoms with van der Waals surface area (Å²) in [6, 6.07) is 12.3. The fourth-order valence-corrected chi connectivity index (χ4v) is 1.51. The van der Waals surface area contributed by atoms with Gasteiger partial charge in [-0.05, 0) is 29.7 Å². The van der Waals surface area contributed by atoms with E-state index < -0.39 is 0 Å². The van der Waals surface area contributed by atoms with Gasteiger partial charge < -0.3 is 5.73 Å². The van der Waals surface area contributed by atoms with E-state index in [1.165, 1.54) is 11.1 Å². The lowest BCUT2D eigenvalue weighted by atomic mass is 10.0. The molecule has 1 aromatic carbocycles. The molecule has 2 rings (SSSR count). The SMILES string of the molecule is CCc1ccc(-c2ccc(N)nc2)cc1. The van der Waals surface area contributed by atoms with Crippen molar-refractivity contribution in [2.45, 2.75) is 13.3 Å². The molecule has 0 saturated carbocycles. The van der Waals surface area contributed by atoms with E-state index in [0.717, 1.165) is 12.0 Å². The lowest BCUT2D eigenvalue weighted by molar-refractivity contribution is 1.14. The third-order valence-corrected chi connectivity index (χ3v) is 2.48. The molecule has 0 fully saturated rings. The maximum absolute atomic E-state index is 5.54. The normalized spacial score (nSPS) is 10.2. The van der Waals surface area contributed by atoms with Gasteiger partial charge >= 0.3 is 0 Å². The van der Waals surface area contributed by atoms with Gasteiger partial charge in [0.05, 0.1) is 0 Å². The van der Waals surface area contributed by atoms with Gasteiger partial charge in [0.1, 0.15) is 5.82 Å². The second kappa shape index (κ2) is 4.13. The van der Waals surface area contributed by atoms with E-state index in [1.807, 2.05) is 12.1 Å². The molecule has 0 aliphatic rings. The first-order chi connectivity index (χ1) is 7.29. The van der Waals surface area contributed by atoms with Crippen molar-refractivity contribution in [3.63, 3.8) is 0 Å². The number of anilines is 1. The van der Waals surface area contributed by atoms with Crippen molar-refractivity contribution in [2.75, 3.05) is 5.73 Å². The Morgan fingerprint density at radius 1 is 1.00 bits per heavy atom. The van der Waals surface area contributed by atoms with E-state index in [9.17, 15) is 0 Å². The molecule has 0 radical (unpaired) electrons. The number of nitrogens with zero attached hydrogens (tertiary/aromatic N) is 1. The zero-order chi connectivity index (χ0) is 10.7. The van der Waals surface area contributed by atoms with Crippen molar-refractivity contribution in [2.24, 2.45) is 0 Å². The Bertz CT molecular complexity index is 429. The third-order valence-electron chi connectivity index (χ3n) is 2.48. The monoisotopic (exact) mass is 198 g/mol. The van der Waals surface area contributed by atoms with Crippen molar-refractivity contribution in [1.29, 1.82) is 0 Å². The average molecular weight is 198 g/mol. The largest absolute Gasteiger partial charge is 0.384 e. The van der Waals surface area contributed by atoms with E-state index in [4.69, 9.17) is 5.73 Å². The second-order valence-corrected chi connectivity index (χ2v) is 3.52. The highest BCUT2D eigenvalue weighted by Gasteiger charge is 1.97. The van der Waals surface area contributed by atoms with Gasteiger partial charge in [0.25, 0.3) is 0 Å². The maximum Gasteiger partial charge on any atom is 0.123 e. The van der Waals surface area contributed by atoms with E-state index >= 15 is 0 Å². The van der Waals surface area contributed by atoms with Crippen LogP contribution in [-0.2, 0) is 6.42 Å². The predicted octanol–water partition coefficient (Wildman–Crippen LogP) is 2.89. The number of rotatable bonds is 2. The van der Waals surface area contributed by atoms with Crippen LogP contribution in [0.15, 0.2) is 42.6 Å². The Kier molecular flexibility index (Phi) is 2.68. The minimum absolute atomic E-state index is 0.559. The first-order valence-corrected chi connectivity index (χ1v) is 5.10. The molecule has 0 spiro atoms. The zero-order valence-corrected chi connectivity index (χ0v) is 8.77. The lowest BCUT2D eigenvalue weighted by Gasteiger charge is -2.02. The van der Waals surface area contributed by atoms with Crippen LogP contribution in [0, 0.1) is 0 Å². The molecule has 0 aliphatic heterocycles. The fraction of sp³-hybridized carbons (Fsp3) is 0.154.